The number of likely N-dealkylation sites (tertiary alicyclic amines) is 1. The van der Waals surface area contributed by atoms with E-state index >= 15 is 0 Å². The maximum atomic E-state index is 13.4. The van der Waals surface area contributed by atoms with Crippen molar-refractivity contribution in [2.45, 2.75) is 25.3 Å². The molecule has 0 atom stereocenters. The number of hydrogen-bond acceptors (Lipinski definition) is 3. The molecule has 7 heteroatoms. The van der Waals surface area contributed by atoms with Gasteiger partial charge in [0.2, 0.25) is 5.91 Å². The smallest absolute Gasteiger partial charge is 0.224 e. The topological polar surface area (TPSA) is 63.1 Å². The molecule has 1 N–H and O–H groups in total. The number of hydrogen-bond donors (Lipinski definition) is 1. The number of ether oxygens (including phenoxy) is 1. The van der Waals surface area contributed by atoms with Crippen molar-refractivity contribution in [2.24, 2.45) is 0 Å². The monoisotopic (exact) mass is 370 g/mol. The summed E-state index contributed by atoms with van der Waals surface area (Å²) in [7, 11) is 1.61. The van der Waals surface area contributed by atoms with Crippen molar-refractivity contribution in [1.29, 1.82) is 0 Å². The van der Waals surface area contributed by atoms with Gasteiger partial charge in [0.15, 0.2) is 0 Å². The molecular formula is C20H23FN4O2. The average Bonchev–Trinajstić information content (AvgIpc) is 3.32. The van der Waals surface area contributed by atoms with Crippen LogP contribution in [0.15, 0.2) is 36.8 Å². The zero-order valence-corrected chi connectivity index (χ0v) is 15.3. The Kier molecular flexibility index (Phi) is 4.94. The molecule has 2 aromatic heterocycles. The first-order valence-electron chi connectivity index (χ1n) is 9.23. The first-order valence-corrected chi connectivity index (χ1v) is 9.23. The van der Waals surface area contributed by atoms with Crippen molar-refractivity contribution in [3.8, 4) is 11.1 Å². The third kappa shape index (κ3) is 3.60. The lowest BCUT2D eigenvalue weighted by molar-refractivity contribution is -0.133. The Labute approximate surface area is 156 Å². The summed E-state index contributed by atoms with van der Waals surface area (Å²) in [6, 6.07) is 5.05. The highest BCUT2D eigenvalue weighted by molar-refractivity contribution is 5.95. The molecule has 1 aliphatic heterocycles. The molecule has 1 saturated heterocycles. The van der Waals surface area contributed by atoms with Gasteiger partial charge < -0.3 is 14.6 Å². The average molecular weight is 370 g/mol. The van der Waals surface area contributed by atoms with Crippen LogP contribution in [0.2, 0.25) is 0 Å². The van der Waals surface area contributed by atoms with E-state index in [4.69, 9.17) is 4.74 Å². The summed E-state index contributed by atoms with van der Waals surface area (Å²) in [4.78, 5) is 17.1. The normalized spacial score (nSPS) is 15.6. The van der Waals surface area contributed by atoms with Gasteiger partial charge in [-0.3, -0.25) is 9.48 Å². The number of H-pyrrole nitrogens is 1. The quantitative estimate of drug-likeness (QED) is 0.749. The summed E-state index contributed by atoms with van der Waals surface area (Å²) in [6.45, 7) is 1.96. The van der Waals surface area contributed by atoms with Gasteiger partial charge in [-0.1, -0.05) is 0 Å². The van der Waals surface area contributed by atoms with Crippen LogP contribution in [-0.4, -0.2) is 52.4 Å². The molecular weight excluding hydrogens is 347 g/mol. The molecule has 1 amide bonds. The predicted molar refractivity (Wildman–Crippen MR) is 101 cm³/mol. The molecule has 142 valence electrons. The fraction of sp³-hybridized carbons (Fsp3) is 0.400. The fourth-order valence-electron chi connectivity index (χ4n) is 3.74. The van der Waals surface area contributed by atoms with Crippen LogP contribution in [0.4, 0.5) is 4.39 Å². The second-order valence-corrected chi connectivity index (χ2v) is 6.96. The molecule has 3 aromatic rings. The van der Waals surface area contributed by atoms with Gasteiger partial charge in [0.1, 0.15) is 5.82 Å². The lowest BCUT2D eigenvalue weighted by atomic mass is 10.0. The fourth-order valence-corrected chi connectivity index (χ4v) is 3.74. The van der Waals surface area contributed by atoms with Crippen LogP contribution < -0.4 is 0 Å². The zero-order valence-electron chi connectivity index (χ0n) is 15.3. The first-order chi connectivity index (χ1) is 13.2. The number of rotatable bonds is 5. The molecule has 1 aromatic carbocycles. The van der Waals surface area contributed by atoms with E-state index in [0.717, 1.165) is 48.0 Å². The summed E-state index contributed by atoms with van der Waals surface area (Å²) in [5.41, 5.74) is 2.80. The van der Waals surface area contributed by atoms with E-state index in [1.807, 2.05) is 28.2 Å². The number of benzene rings is 1. The summed E-state index contributed by atoms with van der Waals surface area (Å²) >= 11 is 0. The molecule has 4 rings (SSSR count). The third-order valence-electron chi connectivity index (χ3n) is 5.27. The van der Waals surface area contributed by atoms with Gasteiger partial charge in [-0.05, 0) is 31.0 Å². The highest BCUT2D eigenvalue weighted by Gasteiger charge is 2.24. The molecule has 1 aliphatic rings. The molecule has 6 nitrogen and oxygen atoms in total. The number of piperidine rings is 1. The predicted octanol–water partition coefficient (Wildman–Crippen LogP) is 3.37. The molecule has 0 saturated carbocycles. The molecule has 0 unspecified atom stereocenters. The Bertz CT molecular complexity index is 941. The van der Waals surface area contributed by atoms with Crippen LogP contribution in [0.25, 0.3) is 22.0 Å². The van der Waals surface area contributed by atoms with Crippen molar-refractivity contribution in [3.05, 3.63) is 42.6 Å². The van der Waals surface area contributed by atoms with Gasteiger partial charge in [-0.15, -0.1) is 0 Å². The van der Waals surface area contributed by atoms with Crippen LogP contribution in [0.5, 0.6) is 0 Å². The third-order valence-corrected chi connectivity index (χ3v) is 5.27. The van der Waals surface area contributed by atoms with E-state index in [-0.39, 0.29) is 17.8 Å². The number of carbonyl (C=O) groups excluding carboxylic acids is 1. The van der Waals surface area contributed by atoms with E-state index in [1.165, 1.54) is 12.1 Å². The number of carbonyl (C=O) groups is 1. The summed E-state index contributed by atoms with van der Waals surface area (Å²) in [5.74, 6) is -0.0964. The van der Waals surface area contributed by atoms with Crippen molar-refractivity contribution in [1.82, 2.24) is 19.7 Å². The van der Waals surface area contributed by atoms with Gasteiger partial charge in [0.25, 0.3) is 0 Å². The lowest BCUT2D eigenvalue weighted by Crippen LogP contribution is -2.39. The van der Waals surface area contributed by atoms with Gasteiger partial charge in [-0.25, -0.2) is 4.39 Å². The summed E-state index contributed by atoms with van der Waals surface area (Å²) < 4.78 is 20.4. The van der Waals surface area contributed by atoms with Gasteiger partial charge in [0.05, 0.1) is 25.3 Å². The molecule has 27 heavy (non-hydrogen) atoms. The van der Waals surface area contributed by atoms with Crippen LogP contribution in [0.3, 0.4) is 0 Å². The zero-order chi connectivity index (χ0) is 18.8. The second-order valence-electron chi connectivity index (χ2n) is 6.96. The Morgan fingerprint density at radius 2 is 2.19 bits per heavy atom. The number of nitrogens with zero attached hydrogens (tertiary/aromatic N) is 3. The first kappa shape index (κ1) is 17.7. The summed E-state index contributed by atoms with van der Waals surface area (Å²) in [6.07, 6.45) is 8.00. The van der Waals surface area contributed by atoms with Crippen LogP contribution >= 0.6 is 0 Å². The number of fused-ring (bicyclic) bond motifs is 1. The van der Waals surface area contributed by atoms with Crippen molar-refractivity contribution < 1.29 is 13.9 Å². The molecule has 1 fully saturated rings. The Balaban J connectivity index is 1.45. The van der Waals surface area contributed by atoms with Crippen LogP contribution in [-0.2, 0) is 9.53 Å². The highest BCUT2D eigenvalue weighted by atomic mass is 19.1. The van der Waals surface area contributed by atoms with E-state index in [9.17, 15) is 9.18 Å². The number of methoxy groups -OCH3 is 1. The molecule has 0 bridgehead atoms. The van der Waals surface area contributed by atoms with E-state index < -0.39 is 0 Å². The van der Waals surface area contributed by atoms with Crippen LogP contribution in [0.1, 0.15) is 25.3 Å². The second kappa shape index (κ2) is 7.52. The number of halogens is 1. The highest BCUT2D eigenvalue weighted by Crippen LogP contribution is 2.30. The number of aromatic amines is 1. The maximum Gasteiger partial charge on any atom is 0.224 e. The minimum Gasteiger partial charge on any atom is -0.384 e. The van der Waals surface area contributed by atoms with Crippen LogP contribution in [0, 0.1) is 5.82 Å². The maximum absolute atomic E-state index is 13.4. The minimum atomic E-state index is -0.251. The van der Waals surface area contributed by atoms with Gasteiger partial charge in [0, 0.05) is 54.6 Å². The Hall–Kier alpha value is -2.67. The van der Waals surface area contributed by atoms with Gasteiger partial charge in [-0.2, -0.15) is 5.10 Å². The lowest BCUT2D eigenvalue weighted by Gasteiger charge is -2.32. The van der Waals surface area contributed by atoms with E-state index in [0.29, 0.717) is 13.0 Å². The molecule has 0 radical (unpaired) electrons. The number of amides is 1. The largest absolute Gasteiger partial charge is 0.384 e. The van der Waals surface area contributed by atoms with Gasteiger partial charge >= 0.3 is 0 Å². The van der Waals surface area contributed by atoms with Crippen molar-refractivity contribution in [2.75, 3.05) is 26.8 Å². The molecule has 3 heterocycles. The van der Waals surface area contributed by atoms with Crippen molar-refractivity contribution >= 4 is 16.8 Å². The minimum absolute atomic E-state index is 0.155. The van der Waals surface area contributed by atoms with E-state index in [1.54, 1.807) is 13.2 Å². The number of aromatic nitrogens is 3. The summed E-state index contributed by atoms with van der Waals surface area (Å²) in [5, 5.41) is 5.53. The van der Waals surface area contributed by atoms with E-state index in [2.05, 4.69) is 10.1 Å². The number of nitrogens with one attached hydrogen (secondary N) is 1. The van der Waals surface area contributed by atoms with Crippen molar-refractivity contribution in [3.63, 3.8) is 0 Å². The molecule has 0 aliphatic carbocycles. The standard InChI is InChI=1S/C20H23FN4O2/c1-27-9-6-20(26)24-7-4-16(5-8-24)25-13-14(11-23-25)18-12-22-19-10-15(21)2-3-17(18)19/h2-3,10-13,16,22H,4-9H2,1H3. The Morgan fingerprint density at radius 1 is 1.37 bits per heavy atom. The Morgan fingerprint density at radius 3 is 2.96 bits per heavy atom. The molecule has 0 spiro atoms. The SMILES string of the molecule is COCCC(=O)N1CCC(n2cc(-c3c[nH]c4cc(F)ccc34)cn2)CC1.